The first kappa shape index (κ1) is 26.9. The first-order chi connectivity index (χ1) is 18.5. The highest BCUT2D eigenvalue weighted by Crippen LogP contribution is 2.38. The van der Waals surface area contributed by atoms with Crippen LogP contribution in [0.2, 0.25) is 0 Å². The normalized spacial score (nSPS) is 10.9. The predicted octanol–water partition coefficient (Wildman–Crippen LogP) is 5.12. The summed E-state index contributed by atoms with van der Waals surface area (Å²) in [5, 5.41) is 2.99. The van der Waals surface area contributed by atoms with Crippen molar-refractivity contribution in [2.45, 2.75) is 33.2 Å². The number of amides is 1. The van der Waals surface area contributed by atoms with Crippen LogP contribution in [0.3, 0.4) is 0 Å². The molecule has 38 heavy (non-hydrogen) atoms. The Morgan fingerprint density at radius 3 is 2.24 bits per heavy atom. The molecule has 8 nitrogen and oxygen atoms in total. The number of para-hydroxylation sites is 3. The number of nitrogens with zero attached hydrogens (tertiary/aromatic N) is 2. The average molecular weight is 518 g/mol. The molecular formula is C30H35N3O5. The van der Waals surface area contributed by atoms with Crippen molar-refractivity contribution < 1.29 is 23.7 Å². The van der Waals surface area contributed by atoms with Crippen LogP contribution >= 0.6 is 0 Å². The number of benzene rings is 3. The van der Waals surface area contributed by atoms with Crippen molar-refractivity contribution in [3.63, 3.8) is 0 Å². The van der Waals surface area contributed by atoms with Crippen LogP contribution in [-0.2, 0) is 13.0 Å². The molecule has 1 N–H and O–H groups in total. The molecule has 1 amide bonds. The van der Waals surface area contributed by atoms with Gasteiger partial charge in [0, 0.05) is 18.5 Å². The molecule has 0 saturated carbocycles. The van der Waals surface area contributed by atoms with Crippen molar-refractivity contribution in [2.75, 3.05) is 34.5 Å². The van der Waals surface area contributed by atoms with Crippen LogP contribution in [0.5, 0.6) is 23.0 Å². The van der Waals surface area contributed by atoms with E-state index >= 15 is 0 Å². The fourth-order valence-corrected chi connectivity index (χ4v) is 4.59. The molecule has 1 heterocycles. The molecule has 0 bridgehead atoms. The first-order valence-electron chi connectivity index (χ1n) is 12.7. The van der Waals surface area contributed by atoms with Gasteiger partial charge in [0.1, 0.15) is 18.2 Å². The highest BCUT2D eigenvalue weighted by atomic mass is 16.5. The van der Waals surface area contributed by atoms with Gasteiger partial charge in [-0.25, -0.2) is 4.98 Å². The number of aryl methyl sites for hydroxylation is 3. The molecule has 0 unspecified atom stereocenters. The van der Waals surface area contributed by atoms with Crippen molar-refractivity contribution in [1.82, 2.24) is 14.9 Å². The van der Waals surface area contributed by atoms with Gasteiger partial charge >= 0.3 is 0 Å². The average Bonchev–Trinajstić information content (AvgIpc) is 3.28. The Hall–Kier alpha value is -4.20. The third kappa shape index (κ3) is 5.85. The van der Waals surface area contributed by atoms with E-state index in [0.717, 1.165) is 40.2 Å². The SMILES string of the molecule is COc1cc(C(=O)NCCCc2nc3ccccc3n2CCOc2c(C)cccc2C)cc(OC)c1OC. The summed E-state index contributed by atoms with van der Waals surface area (Å²) in [6.45, 7) is 5.84. The predicted molar refractivity (Wildman–Crippen MR) is 148 cm³/mol. The van der Waals surface area contributed by atoms with Gasteiger partial charge in [0.2, 0.25) is 5.75 Å². The first-order valence-corrected chi connectivity index (χ1v) is 12.7. The van der Waals surface area contributed by atoms with E-state index in [2.05, 4.69) is 41.9 Å². The fourth-order valence-electron chi connectivity index (χ4n) is 4.59. The molecule has 0 spiro atoms. The van der Waals surface area contributed by atoms with Crippen molar-refractivity contribution in [3.05, 3.63) is 77.1 Å². The molecule has 0 aliphatic carbocycles. The second-order valence-electron chi connectivity index (χ2n) is 9.01. The number of hydrogen-bond acceptors (Lipinski definition) is 6. The summed E-state index contributed by atoms with van der Waals surface area (Å²) in [6, 6.07) is 17.6. The molecule has 0 radical (unpaired) electrons. The fraction of sp³-hybridized carbons (Fsp3) is 0.333. The van der Waals surface area contributed by atoms with Gasteiger partial charge in [0.25, 0.3) is 5.91 Å². The Morgan fingerprint density at radius 1 is 0.895 bits per heavy atom. The zero-order chi connectivity index (χ0) is 27.1. The van der Waals surface area contributed by atoms with Gasteiger partial charge in [0.05, 0.1) is 38.9 Å². The van der Waals surface area contributed by atoms with Crippen LogP contribution < -0.4 is 24.3 Å². The van der Waals surface area contributed by atoms with Gasteiger partial charge in [-0.05, 0) is 55.7 Å². The van der Waals surface area contributed by atoms with Crippen LogP contribution in [0.15, 0.2) is 54.6 Å². The molecule has 8 heteroatoms. The summed E-state index contributed by atoms with van der Waals surface area (Å²) in [5.74, 6) is 3.03. The number of methoxy groups -OCH3 is 3. The van der Waals surface area contributed by atoms with E-state index in [9.17, 15) is 4.79 Å². The summed E-state index contributed by atoms with van der Waals surface area (Å²) >= 11 is 0. The smallest absolute Gasteiger partial charge is 0.251 e. The molecule has 1 aromatic heterocycles. The second kappa shape index (κ2) is 12.4. The zero-order valence-corrected chi connectivity index (χ0v) is 22.7. The molecule has 3 aromatic carbocycles. The number of aromatic nitrogens is 2. The summed E-state index contributed by atoms with van der Waals surface area (Å²) in [7, 11) is 4.58. The second-order valence-corrected chi connectivity index (χ2v) is 9.01. The Balaban J connectivity index is 1.40. The third-order valence-electron chi connectivity index (χ3n) is 6.49. The Morgan fingerprint density at radius 2 is 1.58 bits per heavy atom. The standard InChI is InChI=1S/C30H35N3O5/c1-20-10-8-11-21(2)28(20)38-17-16-33-24-13-7-6-12-23(24)32-27(33)14-9-15-31-30(34)22-18-25(35-3)29(37-5)26(19-22)36-4/h6-8,10-13,18-19H,9,14-17H2,1-5H3,(H,31,34). The molecular weight excluding hydrogens is 482 g/mol. The summed E-state index contributed by atoms with van der Waals surface area (Å²) in [4.78, 5) is 17.7. The van der Waals surface area contributed by atoms with E-state index in [-0.39, 0.29) is 5.91 Å². The van der Waals surface area contributed by atoms with E-state index < -0.39 is 0 Å². The largest absolute Gasteiger partial charge is 0.493 e. The van der Waals surface area contributed by atoms with Crippen molar-refractivity contribution in [3.8, 4) is 23.0 Å². The van der Waals surface area contributed by atoms with Gasteiger partial charge in [-0.3, -0.25) is 4.79 Å². The highest BCUT2D eigenvalue weighted by molar-refractivity contribution is 5.95. The van der Waals surface area contributed by atoms with Gasteiger partial charge in [0.15, 0.2) is 11.5 Å². The lowest BCUT2D eigenvalue weighted by molar-refractivity contribution is 0.0952. The number of carbonyl (C=O) groups is 1. The molecule has 4 rings (SSSR count). The summed E-state index contributed by atoms with van der Waals surface area (Å²) < 4.78 is 24.4. The van der Waals surface area contributed by atoms with Crippen molar-refractivity contribution >= 4 is 16.9 Å². The molecule has 0 atom stereocenters. The Kier molecular flexibility index (Phi) is 8.73. The van der Waals surface area contributed by atoms with E-state index in [1.165, 1.54) is 21.3 Å². The maximum absolute atomic E-state index is 12.8. The topological polar surface area (TPSA) is 83.8 Å². The minimum atomic E-state index is -0.209. The molecule has 200 valence electrons. The van der Waals surface area contributed by atoms with Crippen molar-refractivity contribution in [1.29, 1.82) is 0 Å². The monoisotopic (exact) mass is 517 g/mol. The number of fused-ring (bicyclic) bond motifs is 1. The van der Waals surface area contributed by atoms with Crippen LogP contribution in [0.1, 0.15) is 33.7 Å². The van der Waals surface area contributed by atoms with E-state index in [0.29, 0.717) is 48.9 Å². The van der Waals surface area contributed by atoms with Gasteiger partial charge < -0.3 is 28.8 Å². The van der Waals surface area contributed by atoms with E-state index in [1.54, 1.807) is 12.1 Å². The molecule has 0 saturated heterocycles. The maximum atomic E-state index is 12.8. The number of imidazole rings is 1. The van der Waals surface area contributed by atoms with E-state index in [1.807, 2.05) is 24.3 Å². The lowest BCUT2D eigenvalue weighted by Gasteiger charge is -2.15. The lowest BCUT2D eigenvalue weighted by atomic mass is 10.1. The molecule has 4 aromatic rings. The lowest BCUT2D eigenvalue weighted by Crippen LogP contribution is -2.25. The number of ether oxygens (including phenoxy) is 4. The van der Waals surface area contributed by atoms with Crippen molar-refractivity contribution in [2.24, 2.45) is 0 Å². The molecule has 0 fully saturated rings. The van der Waals surface area contributed by atoms with E-state index in [4.69, 9.17) is 23.9 Å². The summed E-state index contributed by atoms with van der Waals surface area (Å²) in [6.07, 6.45) is 1.45. The van der Waals surface area contributed by atoms with Crippen LogP contribution in [0, 0.1) is 13.8 Å². The van der Waals surface area contributed by atoms with Crippen LogP contribution in [-0.4, -0.2) is 49.9 Å². The minimum absolute atomic E-state index is 0.209. The molecule has 0 aliphatic rings. The number of carbonyl (C=O) groups excluding carboxylic acids is 1. The minimum Gasteiger partial charge on any atom is -0.493 e. The third-order valence-corrected chi connectivity index (χ3v) is 6.49. The number of rotatable bonds is 12. The van der Waals surface area contributed by atoms with Crippen LogP contribution in [0.25, 0.3) is 11.0 Å². The zero-order valence-electron chi connectivity index (χ0n) is 22.7. The van der Waals surface area contributed by atoms with Gasteiger partial charge in [-0.2, -0.15) is 0 Å². The highest BCUT2D eigenvalue weighted by Gasteiger charge is 2.17. The van der Waals surface area contributed by atoms with Gasteiger partial charge in [-0.15, -0.1) is 0 Å². The summed E-state index contributed by atoms with van der Waals surface area (Å²) in [5.41, 5.74) is 4.73. The quantitative estimate of drug-likeness (QED) is 0.263. The number of nitrogens with one attached hydrogen (secondary N) is 1. The van der Waals surface area contributed by atoms with Crippen LogP contribution in [0.4, 0.5) is 0 Å². The Bertz CT molecular complexity index is 1370. The molecule has 0 aliphatic heterocycles. The number of hydrogen-bond donors (Lipinski definition) is 1. The van der Waals surface area contributed by atoms with Gasteiger partial charge in [-0.1, -0.05) is 30.3 Å². The Labute approximate surface area is 223 Å². The maximum Gasteiger partial charge on any atom is 0.251 e.